The molecule has 86 valence electrons. The van der Waals surface area contributed by atoms with Crippen LogP contribution in [0.3, 0.4) is 0 Å². The van der Waals surface area contributed by atoms with Crippen molar-refractivity contribution >= 4 is 5.91 Å². The molecule has 0 aliphatic heterocycles. The molecule has 0 radical (unpaired) electrons. The standard InChI is InChI=1S/C11H21N3O/c1-10(2)13-11(15)9-14(3)8-6-4-5-7-12/h10H,4-6,8-9H2,1-3H3,(H,13,15). The van der Waals surface area contributed by atoms with Crippen LogP contribution in [-0.4, -0.2) is 37.0 Å². The minimum Gasteiger partial charge on any atom is -0.353 e. The Kier molecular flexibility index (Phi) is 7.65. The molecule has 1 N–H and O–H groups in total. The summed E-state index contributed by atoms with van der Waals surface area (Å²) in [5.74, 6) is 0.0628. The van der Waals surface area contributed by atoms with Crippen LogP contribution in [0.5, 0.6) is 0 Å². The van der Waals surface area contributed by atoms with Crippen LogP contribution in [0, 0.1) is 11.3 Å². The van der Waals surface area contributed by atoms with E-state index in [9.17, 15) is 4.79 Å². The van der Waals surface area contributed by atoms with E-state index in [0.717, 1.165) is 19.4 Å². The molecule has 0 aromatic carbocycles. The quantitative estimate of drug-likeness (QED) is 0.642. The van der Waals surface area contributed by atoms with Gasteiger partial charge < -0.3 is 5.32 Å². The highest BCUT2D eigenvalue weighted by Crippen LogP contribution is 1.96. The van der Waals surface area contributed by atoms with E-state index < -0.39 is 0 Å². The first-order chi connectivity index (χ1) is 7.06. The van der Waals surface area contributed by atoms with Gasteiger partial charge in [-0.25, -0.2) is 0 Å². The lowest BCUT2D eigenvalue weighted by atomic mass is 10.2. The van der Waals surface area contributed by atoms with Crippen molar-refractivity contribution in [2.24, 2.45) is 0 Å². The van der Waals surface area contributed by atoms with Crippen molar-refractivity contribution < 1.29 is 4.79 Å². The Morgan fingerprint density at radius 1 is 1.47 bits per heavy atom. The van der Waals surface area contributed by atoms with Gasteiger partial charge in [-0.3, -0.25) is 9.69 Å². The molecule has 0 fully saturated rings. The number of carbonyl (C=O) groups is 1. The van der Waals surface area contributed by atoms with Gasteiger partial charge in [-0.15, -0.1) is 0 Å². The zero-order valence-corrected chi connectivity index (χ0v) is 9.92. The molecular formula is C11H21N3O. The van der Waals surface area contributed by atoms with Gasteiger partial charge in [0.25, 0.3) is 0 Å². The number of nitrogens with zero attached hydrogens (tertiary/aromatic N) is 2. The minimum absolute atomic E-state index is 0.0628. The number of amides is 1. The highest BCUT2D eigenvalue weighted by atomic mass is 16.2. The third-order valence-corrected chi connectivity index (χ3v) is 1.94. The van der Waals surface area contributed by atoms with E-state index in [-0.39, 0.29) is 11.9 Å². The molecule has 4 heteroatoms. The Morgan fingerprint density at radius 2 is 2.13 bits per heavy atom. The van der Waals surface area contributed by atoms with Crippen LogP contribution in [0.1, 0.15) is 33.1 Å². The summed E-state index contributed by atoms with van der Waals surface area (Å²) < 4.78 is 0. The summed E-state index contributed by atoms with van der Waals surface area (Å²) in [6.45, 7) is 5.20. The van der Waals surface area contributed by atoms with E-state index in [4.69, 9.17) is 5.26 Å². The van der Waals surface area contributed by atoms with Gasteiger partial charge in [0.05, 0.1) is 12.6 Å². The predicted molar refractivity (Wildman–Crippen MR) is 60.2 cm³/mol. The molecule has 4 nitrogen and oxygen atoms in total. The third-order valence-electron chi connectivity index (χ3n) is 1.94. The number of hydrogen-bond acceptors (Lipinski definition) is 3. The van der Waals surface area contributed by atoms with Crippen LogP contribution in [0.2, 0.25) is 0 Å². The molecule has 0 spiro atoms. The lowest BCUT2D eigenvalue weighted by Crippen LogP contribution is -2.38. The highest BCUT2D eigenvalue weighted by Gasteiger charge is 2.06. The van der Waals surface area contributed by atoms with Crippen molar-refractivity contribution in [2.75, 3.05) is 20.1 Å². The van der Waals surface area contributed by atoms with Crippen LogP contribution in [0.4, 0.5) is 0 Å². The van der Waals surface area contributed by atoms with Gasteiger partial charge in [-0.1, -0.05) is 0 Å². The Labute approximate surface area is 92.3 Å². The molecule has 0 rings (SSSR count). The fourth-order valence-electron chi connectivity index (χ4n) is 1.28. The lowest BCUT2D eigenvalue weighted by Gasteiger charge is -2.16. The molecule has 15 heavy (non-hydrogen) atoms. The SMILES string of the molecule is CC(C)NC(=O)CN(C)CCCCC#N. The van der Waals surface area contributed by atoms with Gasteiger partial charge in [0.2, 0.25) is 5.91 Å². The first-order valence-corrected chi connectivity index (χ1v) is 5.41. The number of unbranched alkanes of at least 4 members (excludes halogenated alkanes) is 2. The summed E-state index contributed by atoms with van der Waals surface area (Å²) in [5.41, 5.74) is 0. The summed E-state index contributed by atoms with van der Waals surface area (Å²) in [6.07, 6.45) is 2.48. The number of hydrogen-bond donors (Lipinski definition) is 1. The van der Waals surface area contributed by atoms with Crippen molar-refractivity contribution in [1.82, 2.24) is 10.2 Å². The number of nitriles is 1. The van der Waals surface area contributed by atoms with E-state index in [1.807, 2.05) is 25.8 Å². The van der Waals surface area contributed by atoms with Gasteiger partial charge in [-0.05, 0) is 40.3 Å². The maximum Gasteiger partial charge on any atom is 0.234 e. The molecule has 0 bridgehead atoms. The molecule has 0 aliphatic rings. The summed E-state index contributed by atoms with van der Waals surface area (Å²) in [7, 11) is 1.92. The Hall–Kier alpha value is -1.08. The second-order valence-corrected chi connectivity index (χ2v) is 4.08. The first kappa shape index (κ1) is 13.9. The van der Waals surface area contributed by atoms with Crippen molar-refractivity contribution in [3.63, 3.8) is 0 Å². The summed E-state index contributed by atoms with van der Waals surface area (Å²) in [6, 6.07) is 2.31. The first-order valence-electron chi connectivity index (χ1n) is 5.41. The van der Waals surface area contributed by atoms with Gasteiger partial charge >= 0.3 is 0 Å². The van der Waals surface area contributed by atoms with E-state index in [1.165, 1.54) is 0 Å². The average Bonchev–Trinajstić information content (AvgIpc) is 2.10. The van der Waals surface area contributed by atoms with Gasteiger partial charge in [0.15, 0.2) is 0 Å². The van der Waals surface area contributed by atoms with E-state index in [2.05, 4.69) is 11.4 Å². The minimum atomic E-state index is 0.0628. The maximum absolute atomic E-state index is 11.3. The van der Waals surface area contributed by atoms with Crippen molar-refractivity contribution in [2.45, 2.75) is 39.2 Å². The number of carbonyl (C=O) groups excluding carboxylic acids is 1. The zero-order valence-electron chi connectivity index (χ0n) is 9.92. The van der Waals surface area contributed by atoms with E-state index in [0.29, 0.717) is 13.0 Å². The molecule has 0 heterocycles. The Morgan fingerprint density at radius 3 is 2.67 bits per heavy atom. The van der Waals surface area contributed by atoms with Crippen LogP contribution < -0.4 is 5.32 Å². The van der Waals surface area contributed by atoms with Crippen molar-refractivity contribution in [1.29, 1.82) is 5.26 Å². The Bertz CT molecular complexity index is 220. The molecule has 0 saturated carbocycles. The molecule has 0 aliphatic carbocycles. The van der Waals surface area contributed by atoms with Crippen LogP contribution in [0.15, 0.2) is 0 Å². The lowest BCUT2D eigenvalue weighted by molar-refractivity contribution is -0.122. The van der Waals surface area contributed by atoms with Crippen molar-refractivity contribution in [3.05, 3.63) is 0 Å². The largest absolute Gasteiger partial charge is 0.353 e. The predicted octanol–water partition coefficient (Wildman–Crippen LogP) is 1.14. The number of likely N-dealkylation sites (N-methyl/N-ethyl adjacent to an activating group) is 1. The maximum atomic E-state index is 11.3. The molecule has 0 aromatic rings. The number of nitrogens with one attached hydrogen (secondary N) is 1. The molecule has 0 aromatic heterocycles. The van der Waals surface area contributed by atoms with Crippen LogP contribution in [-0.2, 0) is 4.79 Å². The van der Waals surface area contributed by atoms with Crippen molar-refractivity contribution in [3.8, 4) is 6.07 Å². The van der Waals surface area contributed by atoms with E-state index in [1.54, 1.807) is 0 Å². The smallest absolute Gasteiger partial charge is 0.234 e. The summed E-state index contributed by atoms with van der Waals surface area (Å²) in [5, 5.41) is 11.2. The monoisotopic (exact) mass is 211 g/mol. The van der Waals surface area contributed by atoms with Crippen LogP contribution >= 0.6 is 0 Å². The van der Waals surface area contributed by atoms with E-state index >= 15 is 0 Å². The fourth-order valence-corrected chi connectivity index (χ4v) is 1.28. The topological polar surface area (TPSA) is 56.1 Å². The Balaban J connectivity index is 3.52. The average molecular weight is 211 g/mol. The molecule has 0 unspecified atom stereocenters. The second kappa shape index (κ2) is 8.25. The van der Waals surface area contributed by atoms with Gasteiger partial charge in [0, 0.05) is 12.5 Å². The zero-order chi connectivity index (χ0) is 11.7. The normalized spacial score (nSPS) is 10.4. The summed E-state index contributed by atoms with van der Waals surface area (Å²) >= 11 is 0. The third kappa shape index (κ3) is 9.23. The molecular weight excluding hydrogens is 190 g/mol. The van der Waals surface area contributed by atoms with Gasteiger partial charge in [0.1, 0.15) is 0 Å². The number of rotatable bonds is 7. The second-order valence-electron chi connectivity index (χ2n) is 4.08. The highest BCUT2D eigenvalue weighted by molar-refractivity contribution is 5.78. The fraction of sp³-hybridized carbons (Fsp3) is 0.818. The molecule has 1 amide bonds. The summed E-state index contributed by atoms with van der Waals surface area (Å²) in [4.78, 5) is 13.3. The van der Waals surface area contributed by atoms with Crippen LogP contribution in [0.25, 0.3) is 0 Å². The molecule has 0 saturated heterocycles. The molecule has 0 atom stereocenters. The van der Waals surface area contributed by atoms with Gasteiger partial charge in [-0.2, -0.15) is 5.26 Å².